The number of piperidine rings is 1. The van der Waals surface area contributed by atoms with E-state index in [4.69, 9.17) is 5.73 Å². The van der Waals surface area contributed by atoms with Gasteiger partial charge in [0.1, 0.15) is 0 Å². The number of nitrogens with two attached hydrogens (primary N) is 1. The molecule has 1 unspecified atom stereocenters. The molecule has 1 aliphatic rings. The van der Waals surface area contributed by atoms with Crippen LogP contribution < -0.4 is 5.73 Å². The highest BCUT2D eigenvalue weighted by Gasteiger charge is 2.28. The predicted molar refractivity (Wildman–Crippen MR) is 74.4 cm³/mol. The van der Waals surface area contributed by atoms with Crippen molar-refractivity contribution in [2.75, 3.05) is 47.3 Å². The maximum absolute atomic E-state index is 12.2. The molecule has 5 heteroatoms. The van der Waals surface area contributed by atoms with Crippen LogP contribution in [-0.2, 0) is 4.79 Å². The van der Waals surface area contributed by atoms with E-state index in [1.54, 1.807) is 6.92 Å². The molecule has 0 saturated carbocycles. The van der Waals surface area contributed by atoms with Crippen molar-refractivity contribution in [2.24, 2.45) is 5.73 Å². The number of hydrogen-bond donors (Lipinski definition) is 1. The van der Waals surface area contributed by atoms with Gasteiger partial charge in [-0.05, 0) is 54.0 Å². The van der Waals surface area contributed by atoms with Gasteiger partial charge in [0.25, 0.3) is 0 Å². The van der Waals surface area contributed by atoms with Crippen LogP contribution >= 0.6 is 0 Å². The Kier molecular flexibility index (Phi) is 6.05. The Labute approximate surface area is 111 Å². The highest BCUT2D eigenvalue weighted by molar-refractivity contribution is 5.81. The summed E-state index contributed by atoms with van der Waals surface area (Å²) in [5.74, 6) is 0.0893. The van der Waals surface area contributed by atoms with Gasteiger partial charge in [-0.1, -0.05) is 0 Å². The molecule has 0 aromatic rings. The van der Waals surface area contributed by atoms with Crippen LogP contribution in [0, 0.1) is 0 Å². The van der Waals surface area contributed by atoms with E-state index in [0.717, 1.165) is 39.0 Å². The van der Waals surface area contributed by atoms with Gasteiger partial charge in [0, 0.05) is 19.1 Å². The standard InChI is InChI=1S/C13H28N4O/c1-11(14)13(18)17(10-9-15(2)3)12-5-7-16(4)8-6-12/h11-12H,5-10,14H2,1-4H3. The molecule has 5 nitrogen and oxygen atoms in total. The van der Waals surface area contributed by atoms with Crippen LogP contribution in [0.3, 0.4) is 0 Å². The molecule has 106 valence electrons. The lowest BCUT2D eigenvalue weighted by Crippen LogP contribution is -2.52. The number of nitrogens with zero attached hydrogens (tertiary/aromatic N) is 3. The minimum Gasteiger partial charge on any atom is -0.337 e. The van der Waals surface area contributed by atoms with Gasteiger partial charge in [-0.2, -0.15) is 0 Å². The average molecular weight is 256 g/mol. The summed E-state index contributed by atoms with van der Waals surface area (Å²) in [7, 11) is 6.19. The smallest absolute Gasteiger partial charge is 0.239 e. The van der Waals surface area contributed by atoms with Crippen molar-refractivity contribution in [3.05, 3.63) is 0 Å². The quantitative estimate of drug-likeness (QED) is 0.741. The maximum Gasteiger partial charge on any atom is 0.239 e. The minimum absolute atomic E-state index is 0.0893. The number of carbonyl (C=O) groups excluding carboxylic acids is 1. The summed E-state index contributed by atoms with van der Waals surface area (Å²) >= 11 is 0. The Morgan fingerprint density at radius 2 is 1.89 bits per heavy atom. The third kappa shape index (κ3) is 4.55. The molecule has 0 aliphatic carbocycles. The number of likely N-dealkylation sites (N-methyl/N-ethyl adjacent to an activating group) is 1. The lowest BCUT2D eigenvalue weighted by molar-refractivity contribution is -0.135. The Morgan fingerprint density at radius 1 is 1.33 bits per heavy atom. The number of likely N-dealkylation sites (tertiary alicyclic amines) is 1. The van der Waals surface area contributed by atoms with Crippen molar-refractivity contribution in [3.63, 3.8) is 0 Å². The zero-order valence-corrected chi connectivity index (χ0v) is 12.2. The Balaban J connectivity index is 2.61. The SMILES string of the molecule is CC(N)C(=O)N(CCN(C)C)C1CCN(C)CC1. The van der Waals surface area contributed by atoms with Crippen LogP contribution in [0.5, 0.6) is 0 Å². The molecule has 0 spiro atoms. The van der Waals surface area contributed by atoms with E-state index < -0.39 is 6.04 Å². The van der Waals surface area contributed by atoms with Gasteiger partial charge >= 0.3 is 0 Å². The van der Waals surface area contributed by atoms with Gasteiger partial charge in [0.15, 0.2) is 0 Å². The third-order valence-corrected chi connectivity index (χ3v) is 3.59. The van der Waals surface area contributed by atoms with Crippen LogP contribution in [-0.4, -0.2) is 80.0 Å². The molecule has 0 bridgehead atoms. The molecule has 2 N–H and O–H groups in total. The van der Waals surface area contributed by atoms with E-state index in [-0.39, 0.29) is 5.91 Å². The number of rotatable bonds is 5. The fourth-order valence-electron chi connectivity index (χ4n) is 2.35. The van der Waals surface area contributed by atoms with Crippen LogP contribution in [0.4, 0.5) is 0 Å². The van der Waals surface area contributed by atoms with Gasteiger partial charge in [-0.15, -0.1) is 0 Å². The predicted octanol–water partition coefficient (Wildman–Crippen LogP) is -0.182. The van der Waals surface area contributed by atoms with Crippen LogP contribution in [0.2, 0.25) is 0 Å². The summed E-state index contributed by atoms with van der Waals surface area (Å²) in [4.78, 5) is 18.6. The van der Waals surface area contributed by atoms with Gasteiger partial charge in [-0.3, -0.25) is 4.79 Å². The summed E-state index contributed by atoms with van der Waals surface area (Å²) in [5.41, 5.74) is 5.76. The molecular weight excluding hydrogens is 228 g/mol. The Bertz CT molecular complexity index is 260. The summed E-state index contributed by atoms with van der Waals surface area (Å²) < 4.78 is 0. The number of hydrogen-bond acceptors (Lipinski definition) is 4. The molecule has 1 amide bonds. The summed E-state index contributed by atoms with van der Waals surface area (Å²) in [6, 6.07) is -0.0357. The topological polar surface area (TPSA) is 52.8 Å². The normalized spacial score (nSPS) is 20.1. The second-order valence-corrected chi connectivity index (χ2v) is 5.66. The average Bonchev–Trinajstić information content (AvgIpc) is 2.30. The van der Waals surface area contributed by atoms with Crippen molar-refractivity contribution >= 4 is 5.91 Å². The van der Waals surface area contributed by atoms with E-state index in [1.165, 1.54) is 0 Å². The van der Waals surface area contributed by atoms with Gasteiger partial charge in [0.05, 0.1) is 6.04 Å². The first-order chi connectivity index (χ1) is 8.41. The second-order valence-electron chi connectivity index (χ2n) is 5.66. The largest absolute Gasteiger partial charge is 0.337 e. The van der Waals surface area contributed by atoms with E-state index in [9.17, 15) is 4.79 Å². The second kappa shape index (κ2) is 7.07. The van der Waals surface area contributed by atoms with Gasteiger partial charge in [0.2, 0.25) is 5.91 Å². The third-order valence-electron chi connectivity index (χ3n) is 3.59. The Morgan fingerprint density at radius 3 is 2.33 bits per heavy atom. The highest BCUT2D eigenvalue weighted by atomic mass is 16.2. The first-order valence-corrected chi connectivity index (χ1v) is 6.81. The maximum atomic E-state index is 12.2. The fourth-order valence-corrected chi connectivity index (χ4v) is 2.35. The fraction of sp³-hybridized carbons (Fsp3) is 0.923. The van der Waals surface area contributed by atoms with Crippen molar-refractivity contribution in [3.8, 4) is 0 Å². The minimum atomic E-state index is -0.396. The zero-order valence-electron chi connectivity index (χ0n) is 12.2. The molecule has 1 aliphatic heterocycles. The summed E-state index contributed by atoms with van der Waals surface area (Å²) in [6.07, 6.45) is 2.12. The lowest BCUT2D eigenvalue weighted by atomic mass is 10.0. The summed E-state index contributed by atoms with van der Waals surface area (Å²) in [6.45, 7) is 5.58. The molecule has 18 heavy (non-hydrogen) atoms. The molecule has 1 rings (SSSR count). The molecule has 1 atom stereocenters. The van der Waals surface area contributed by atoms with E-state index in [1.807, 2.05) is 19.0 Å². The number of amides is 1. The lowest BCUT2D eigenvalue weighted by Gasteiger charge is -2.38. The van der Waals surface area contributed by atoms with Crippen molar-refractivity contribution < 1.29 is 4.79 Å². The number of carbonyl (C=O) groups is 1. The van der Waals surface area contributed by atoms with E-state index in [0.29, 0.717) is 6.04 Å². The molecule has 0 radical (unpaired) electrons. The summed E-state index contributed by atoms with van der Waals surface area (Å²) in [5, 5.41) is 0. The van der Waals surface area contributed by atoms with Crippen molar-refractivity contribution in [1.29, 1.82) is 0 Å². The van der Waals surface area contributed by atoms with E-state index in [2.05, 4.69) is 16.8 Å². The molecule has 1 fully saturated rings. The Hall–Kier alpha value is -0.650. The van der Waals surface area contributed by atoms with Gasteiger partial charge in [-0.25, -0.2) is 0 Å². The first-order valence-electron chi connectivity index (χ1n) is 6.81. The zero-order chi connectivity index (χ0) is 13.7. The highest BCUT2D eigenvalue weighted by Crippen LogP contribution is 2.16. The molecule has 0 aromatic heterocycles. The van der Waals surface area contributed by atoms with Crippen molar-refractivity contribution in [2.45, 2.75) is 31.8 Å². The van der Waals surface area contributed by atoms with E-state index >= 15 is 0 Å². The van der Waals surface area contributed by atoms with Crippen LogP contribution in [0.25, 0.3) is 0 Å². The van der Waals surface area contributed by atoms with Crippen LogP contribution in [0.15, 0.2) is 0 Å². The van der Waals surface area contributed by atoms with Crippen molar-refractivity contribution in [1.82, 2.24) is 14.7 Å². The molecule has 0 aromatic carbocycles. The monoisotopic (exact) mass is 256 g/mol. The molecule has 1 heterocycles. The molecule has 1 saturated heterocycles. The van der Waals surface area contributed by atoms with Gasteiger partial charge < -0.3 is 20.4 Å². The molecular formula is C13H28N4O. The van der Waals surface area contributed by atoms with Crippen LogP contribution in [0.1, 0.15) is 19.8 Å². The first kappa shape index (κ1) is 15.4.